The number of para-hydroxylation sites is 1. The van der Waals surface area contributed by atoms with Crippen molar-refractivity contribution in [2.75, 3.05) is 18.6 Å². The first-order valence-electron chi connectivity index (χ1n) is 9.01. The predicted molar refractivity (Wildman–Crippen MR) is 105 cm³/mol. The fourth-order valence-corrected chi connectivity index (χ4v) is 3.15. The lowest BCUT2D eigenvalue weighted by atomic mass is 10.1. The van der Waals surface area contributed by atoms with Crippen LogP contribution in [0, 0.1) is 19.8 Å². The molecule has 3 amide bonds. The molecule has 28 heavy (non-hydrogen) atoms. The van der Waals surface area contributed by atoms with Crippen molar-refractivity contribution >= 4 is 23.4 Å². The molecule has 0 unspecified atom stereocenters. The van der Waals surface area contributed by atoms with Crippen LogP contribution in [0.5, 0.6) is 5.75 Å². The van der Waals surface area contributed by atoms with E-state index in [-0.39, 0.29) is 18.9 Å². The fraction of sp³-hybridized carbons (Fsp3) is 0.286. The maximum Gasteiger partial charge on any atom is 0.273 e. The minimum atomic E-state index is -0.535. The Kier molecular flexibility index (Phi) is 5.63. The molecule has 1 aliphatic rings. The number of hydrogen-bond donors (Lipinski definition) is 2. The summed E-state index contributed by atoms with van der Waals surface area (Å²) in [5.41, 5.74) is 8.12. The summed E-state index contributed by atoms with van der Waals surface area (Å²) >= 11 is 0. The molecule has 1 heterocycles. The summed E-state index contributed by atoms with van der Waals surface area (Å²) in [6, 6.07) is 12.5. The zero-order valence-electron chi connectivity index (χ0n) is 16.1. The van der Waals surface area contributed by atoms with Crippen molar-refractivity contribution in [1.29, 1.82) is 0 Å². The number of carbonyl (C=O) groups is 3. The Balaban J connectivity index is 1.61. The summed E-state index contributed by atoms with van der Waals surface area (Å²) < 4.78 is 5.14. The quantitative estimate of drug-likeness (QED) is 0.794. The first-order chi connectivity index (χ1) is 13.4. The molecule has 0 aromatic heterocycles. The van der Waals surface area contributed by atoms with Gasteiger partial charge in [0.05, 0.1) is 18.6 Å². The van der Waals surface area contributed by atoms with Gasteiger partial charge in [0.2, 0.25) is 11.8 Å². The molecule has 0 spiro atoms. The second-order valence-electron chi connectivity index (χ2n) is 6.82. The fourth-order valence-electron chi connectivity index (χ4n) is 3.15. The molecule has 3 rings (SSSR count). The molecule has 2 N–H and O–H groups in total. The molecule has 2 aromatic carbocycles. The van der Waals surface area contributed by atoms with E-state index < -0.39 is 17.7 Å². The summed E-state index contributed by atoms with van der Waals surface area (Å²) in [5.74, 6) is -1.12. The van der Waals surface area contributed by atoms with Crippen LogP contribution in [-0.4, -0.2) is 31.4 Å². The molecular weight excluding hydrogens is 358 g/mol. The number of nitrogens with zero attached hydrogens (tertiary/aromatic N) is 1. The number of amides is 3. The lowest BCUT2D eigenvalue weighted by molar-refractivity contribution is -0.126. The molecule has 1 saturated heterocycles. The zero-order chi connectivity index (χ0) is 20.3. The Labute approximate surface area is 163 Å². The molecule has 0 saturated carbocycles. The predicted octanol–water partition coefficient (Wildman–Crippen LogP) is 2.13. The van der Waals surface area contributed by atoms with Crippen LogP contribution < -0.4 is 20.5 Å². The van der Waals surface area contributed by atoms with E-state index in [1.807, 2.05) is 32.0 Å². The van der Waals surface area contributed by atoms with Crippen LogP contribution >= 0.6 is 0 Å². The Morgan fingerprint density at radius 2 is 1.82 bits per heavy atom. The highest BCUT2D eigenvalue weighted by atomic mass is 16.5. The van der Waals surface area contributed by atoms with Crippen LogP contribution in [-0.2, 0) is 9.59 Å². The first-order valence-corrected chi connectivity index (χ1v) is 9.01. The van der Waals surface area contributed by atoms with Gasteiger partial charge in [-0.3, -0.25) is 25.2 Å². The van der Waals surface area contributed by atoms with Gasteiger partial charge in [0.1, 0.15) is 5.75 Å². The maximum atomic E-state index is 12.4. The molecule has 7 heteroatoms. The number of nitrogens with one attached hydrogen (secondary N) is 2. The van der Waals surface area contributed by atoms with Gasteiger partial charge in [0.25, 0.3) is 5.91 Å². The van der Waals surface area contributed by atoms with Crippen LogP contribution in [0.2, 0.25) is 0 Å². The highest BCUT2D eigenvalue weighted by molar-refractivity contribution is 6.01. The topological polar surface area (TPSA) is 87.7 Å². The summed E-state index contributed by atoms with van der Waals surface area (Å²) in [7, 11) is 1.47. The van der Waals surface area contributed by atoms with Gasteiger partial charge in [-0.1, -0.05) is 18.2 Å². The SMILES string of the molecule is COc1ccccc1C(=O)NNC(=O)[C@H]1CC(=O)N(c2ccc(C)c(C)c2)C1. The van der Waals surface area contributed by atoms with E-state index in [1.165, 1.54) is 7.11 Å². The van der Waals surface area contributed by atoms with Crippen LogP contribution in [0.25, 0.3) is 0 Å². The van der Waals surface area contributed by atoms with Crippen LogP contribution in [0.1, 0.15) is 27.9 Å². The number of aryl methyl sites for hydroxylation is 2. The van der Waals surface area contributed by atoms with Gasteiger partial charge >= 0.3 is 0 Å². The molecule has 0 bridgehead atoms. The van der Waals surface area contributed by atoms with Crippen molar-refractivity contribution in [3.63, 3.8) is 0 Å². The van der Waals surface area contributed by atoms with Crippen LogP contribution in [0.15, 0.2) is 42.5 Å². The highest BCUT2D eigenvalue weighted by Crippen LogP contribution is 2.27. The van der Waals surface area contributed by atoms with E-state index in [1.54, 1.807) is 29.2 Å². The Morgan fingerprint density at radius 3 is 2.54 bits per heavy atom. The molecule has 1 aliphatic heterocycles. The smallest absolute Gasteiger partial charge is 0.273 e. The van der Waals surface area contributed by atoms with E-state index in [0.29, 0.717) is 11.3 Å². The number of hydrogen-bond acceptors (Lipinski definition) is 4. The lowest BCUT2D eigenvalue weighted by Crippen LogP contribution is -2.45. The van der Waals surface area contributed by atoms with Crippen molar-refractivity contribution in [2.45, 2.75) is 20.3 Å². The second kappa shape index (κ2) is 8.12. The van der Waals surface area contributed by atoms with E-state index in [0.717, 1.165) is 16.8 Å². The average molecular weight is 381 g/mol. The third kappa shape index (κ3) is 3.98. The van der Waals surface area contributed by atoms with Crippen LogP contribution in [0.3, 0.4) is 0 Å². The molecular formula is C21H23N3O4. The molecule has 0 radical (unpaired) electrons. The number of hydrazine groups is 1. The van der Waals surface area contributed by atoms with E-state index in [9.17, 15) is 14.4 Å². The standard InChI is InChI=1S/C21H23N3O4/c1-13-8-9-16(10-14(13)2)24-12-15(11-19(24)25)20(26)22-23-21(27)17-6-4-5-7-18(17)28-3/h4-10,15H,11-12H2,1-3H3,(H,22,26)(H,23,27)/t15-/m0/s1. The summed E-state index contributed by atoms with van der Waals surface area (Å²) in [5, 5.41) is 0. The van der Waals surface area contributed by atoms with Crippen molar-refractivity contribution in [1.82, 2.24) is 10.9 Å². The minimum Gasteiger partial charge on any atom is -0.496 e. The summed E-state index contributed by atoms with van der Waals surface area (Å²) in [4.78, 5) is 38.7. The second-order valence-corrected chi connectivity index (χ2v) is 6.82. The van der Waals surface area contributed by atoms with Crippen molar-refractivity contribution in [3.8, 4) is 5.75 Å². The minimum absolute atomic E-state index is 0.100. The van der Waals surface area contributed by atoms with Gasteiger partial charge < -0.3 is 9.64 Å². The summed E-state index contributed by atoms with van der Waals surface area (Å²) in [6.45, 7) is 4.26. The third-order valence-electron chi connectivity index (χ3n) is 4.95. The number of ether oxygens (including phenoxy) is 1. The molecule has 1 fully saturated rings. The maximum absolute atomic E-state index is 12.4. The molecule has 7 nitrogen and oxygen atoms in total. The van der Waals surface area contributed by atoms with Crippen molar-refractivity contribution in [3.05, 3.63) is 59.2 Å². The van der Waals surface area contributed by atoms with Gasteiger partial charge in [0.15, 0.2) is 0 Å². The third-order valence-corrected chi connectivity index (χ3v) is 4.95. The monoisotopic (exact) mass is 381 g/mol. The van der Waals surface area contributed by atoms with Gasteiger partial charge in [-0.2, -0.15) is 0 Å². The number of methoxy groups -OCH3 is 1. The first kappa shape index (κ1) is 19.4. The number of carbonyl (C=O) groups excluding carboxylic acids is 3. The molecule has 1 atom stereocenters. The number of benzene rings is 2. The molecule has 146 valence electrons. The van der Waals surface area contributed by atoms with Crippen LogP contribution in [0.4, 0.5) is 5.69 Å². The van der Waals surface area contributed by atoms with Gasteiger partial charge in [-0.25, -0.2) is 0 Å². The number of anilines is 1. The van der Waals surface area contributed by atoms with Gasteiger partial charge in [0, 0.05) is 18.7 Å². The zero-order valence-corrected chi connectivity index (χ0v) is 16.1. The van der Waals surface area contributed by atoms with E-state index >= 15 is 0 Å². The Morgan fingerprint density at radius 1 is 1.07 bits per heavy atom. The Bertz CT molecular complexity index is 926. The van der Waals surface area contributed by atoms with Crippen molar-refractivity contribution < 1.29 is 19.1 Å². The van der Waals surface area contributed by atoms with Crippen molar-refractivity contribution in [2.24, 2.45) is 5.92 Å². The Hall–Kier alpha value is -3.35. The number of rotatable bonds is 4. The van der Waals surface area contributed by atoms with Gasteiger partial charge in [-0.15, -0.1) is 0 Å². The molecule has 0 aliphatic carbocycles. The largest absolute Gasteiger partial charge is 0.496 e. The average Bonchev–Trinajstić information content (AvgIpc) is 3.09. The normalized spacial score (nSPS) is 16.0. The van der Waals surface area contributed by atoms with E-state index in [4.69, 9.17) is 4.74 Å². The summed E-state index contributed by atoms with van der Waals surface area (Å²) in [6.07, 6.45) is 0.100. The molecule has 2 aromatic rings. The van der Waals surface area contributed by atoms with Gasteiger partial charge in [-0.05, 0) is 49.2 Å². The lowest BCUT2D eigenvalue weighted by Gasteiger charge is -2.18. The highest BCUT2D eigenvalue weighted by Gasteiger charge is 2.35. The van der Waals surface area contributed by atoms with E-state index in [2.05, 4.69) is 10.9 Å².